The Morgan fingerprint density at radius 2 is 2.08 bits per heavy atom. The van der Waals surface area contributed by atoms with Crippen molar-refractivity contribution in [2.75, 3.05) is 47.6 Å². The summed E-state index contributed by atoms with van der Waals surface area (Å²) in [6, 6.07) is 7.45. The number of ether oxygens (including phenoxy) is 3. The third kappa shape index (κ3) is 5.87. The van der Waals surface area contributed by atoms with Crippen LogP contribution < -0.4 is 5.32 Å². The predicted molar refractivity (Wildman–Crippen MR) is 92.1 cm³/mol. The molecule has 2 rings (SSSR count). The zero-order chi connectivity index (χ0) is 17.4. The molecule has 0 saturated carbocycles. The minimum Gasteiger partial charge on any atom is -0.380 e. The lowest BCUT2D eigenvalue weighted by molar-refractivity contribution is -0.0690. The summed E-state index contributed by atoms with van der Waals surface area (Å²) < 4.78 is 16.5. The van der Waals surface area contributed by atoms with Gasteiger partial charge in [-0.2, -0.15) is 0 Å². The highest BCUT2D eigenvalue weighted by atomic mass is 16.5. The third-order valence-corrected chi connectivity index (χ3v) is 4.02. The van der Waals surface area contributed by atoms with Crippen molar-refractivity contribution in [3.8, 4) is 0 Å². The first-order valence-electron chi connectivity index (χ1n) is 8.33. The number of methoxy groups -OCH3 is 1. The van der Waals surface area contributed by atoms with Gasteiger partial charge in [0.1, 0.15) is 6.10 Å². The Hall–Kier alpha value is -1.47. The highest BCUT2D eigenvalue weighted by Crippen LogP contribution is 2.13. The summed E-state index contributed by atoms with van der Waals surface area (Å²) in [5.41, 5.74) is 1.69. The molecule has 1 aromatic carbocycles. The number of carbonyl (C=O) groups excluding carboxylic acids is 1. The number of nitrogens with one attached hydrogen (secondary N) is 1. The maximum Gasteiger partial charge on any atom is 0.251 e. The molecular weight excluding hydrogens is 308 g/mol. The van der Waals surface area contributed by atoms with E-state index in [1.165, 1.54) is 0 Å². The van der Waals surface area contributed by atoms with E-state index < -0.39 is 0 Å². The monoisotopic (exact) mass is 336 g/mol. The topological polar surface area (TPSA) is 60.0 Å². The van der Waals surface area contributed by atoms with Gasteiger partial charge in [0.15, 0.2) is 0 Å². The number of benzene rings is 1. The van der Waals surface area contributed by atoms with Crippen LogP contribution in [-0.4, -0.2) is 70.5 Å². The first-order chi connectivity index (χ1) is 11.6. The van der Waals surface area contributed by atoms with E-state index in [0.29, 0.717) is 32.0 Å². The Labute approximate surface area is 144 Å². The van der Waals surface area contributed by atoms with E-state index >= 15 is 0 Å². The van der Waals surface area contributed by atoms with Gasteiger partial charge < -0.3 is 24.4 Å². The minimum absolute atomic E-state index is 0.0212. The second-order valence-electron chi connectivity index (χ2n) is 6.29. The number of carbonyl (C=O) groups is 1. The number of hydrogen-bond acceptors (Lipinski definition) is 5. The largest absolute Gasteiger partial charge is 0.380 e. The Balaban J connectivity index is 1.89. The summed E-state index contributed by atoms with van der Waals surface area (Å²) in [5.74, 6) is -0.0768. The van der Waals surface area contributed by atoms with E-state index in [1.807, 2.05) is 38.4 Å². The Morgan fingerprint density at radius 1 is 1.33 bits per heavy atom. The van der Waals surface area contributed by atoms with Crippen molar-refractivity contribution in [1.82, 2.24) is 10.2 Å². The van der Waals surface area contributed by atoms with Crippen LogP contribution in [0, 0.1) is 0 Å². The highest BCUT2D eigenvalue weighted by molar-refractivity contribution is 5.94. The maximum atomic E-state index is 12.5. The molecule has 0 spiro atoms. The molecule has 0 aliphatic carbocycles. The molecule has 1 aliphatic rings. The first kappa shape index (κ1) is 18.9. The van der Waals surface area contributed by atoms with Gasteiger partial charge in [0.25, 0.3) is 5.91 Å². The Kier molecular flexibility index (Phi) is 7.65. The molecule has 1 aliphatic heterocycles. The van der Waals surface area contributed by atoms with Crippen LogP contribution in [0.15, 0.2) is 24.3 Å². The van der Waals surface area contributed by atoms with E-state index in [4.69, 9.17) is 14.2 Å². The predicted octanol–water partition coefficient (Wildman–Crippen LogP) is 1.30. The second-order valence-corrected chi connectivity index (χ2v) is 6.29. The van der Waals surface area contributed by atoms with Gasteiger partial charge in [0, 0.05) is 25.8 Å². The fourth-order valence-corrected chi connectivity index (χ4v) is 2.60. The van der Waals surface area contributed by atoms with Crippen molar-refractivity contribution in [1.29, 1.82) is 0 Å². The smallest absolute Gasteiger partial charge is 0.251 e. The van der Waals surface area contributed by atoms with Gasteiger partial charge in [0.05, 0.1) is 25.9 Å². The molecule has 6 nitrogen and oxygen atoms in total. The van der Waals surface area contributed by atoms with Crippen molar-refractivity contribution in [3.63, 3.8) is 0 Å². The Bertz CT molecular complexity index is 504. The van der Waals surface area contributed by atoms with Crippen LogP contribution in [0.5, 0.6) is 0 Å². The quantitative estimate of drug-likeness (QED) is 0.775. The van der Waals surface area contributed by atoms with Gasteiger partial charge in [-0.1, -0.05) is 12.1 Å². The number of rotatable bonds is 8. The van der Waals surface area contributed by atoms with Crippen LogP contribution in [0.1, 0.15) is 22.3 Å². The van der Waals surface area contributed by atoms with E-state index in [-0.39, 0.29) is 18.1 Å². The lowest BCUT2D eigenvalue weighted by atomic mass is 10.0. The summed E-state index contributed by atoms with van der Waals surface area (Å²) in [7, 11) is 5.67. The molecule has 134 valence electrons. The fourth-order valence-electron chi connectivity index (χ4n) is 2.60. The van der Waals surface area contributed by atoms with E-state index in [2.05, 4.69) is 10.2 Å². The molecule has 0 aromatic heterocycles. The standard InChI is InChI=1S/C18H28N2O4/c1-20(2)9-11-24-17-13-23-10-8-16(17)19-18(21)15-6-4-14(5-7-15)12-22-3/h4-7,16-17H,8-13H2,1-3H3,(H,19,21)/t16-,17-/m1/s1. The molecule has 0 bridgehead atoms. The summed E-state index contributed by atoms with van der Waals surface area (Å²) in [4.78, 5) is 14.5. The van der Waals surface area contributed by atoms with Crippen LogP contribution in [-0.2, 0) is 20.8 Å². The number of nitrogens with zero attached hydrogens (tertiary/aromatic N) is 1. The highest BCUT2D eigenvalue weighted by Gasteiger charge is 2.28. The maximum absolute atomic E-state index is 12.5. The molecule has 24 heavy (non-hydrogen) atoms. The zero-order valence-electron chi connectivity index (χ0n) is 14.8. The summed E-state index contributed by atoms with van der Waals surface area (Å²) in [5, 5.41) is 3.09. The first-order valence-corrected chi connectivity index (χ1v) is 8.33. The van der Waals surface area contributed by atoms with Crippen molar-refractivity contribution in [2.45, 2.75) is 25.2 Å². The summed E-state index contributed by atoms with van der Waals surface area (Å²) in [6.45, 7) is 3.18. The van der Waals surface area contributed by atoms with Gasteiger partial charge in [-0.3, -0.25) is 4.79 Å². The molecule has 1 N–H and O–H groups in total. The van der Waals surface area contributed by atoms with Gasteiger partial charge >= 0.3 is 0 Å². The molecule has 0 unspecified atom stereocenters. The van der Waals surface area contributed by atoms with Gasteiger partial charge in [-0.15, -0.1) is 0 Å². The van der Waals surface area contributed by atoms with Gasteiger partial charge in [-0.05, 0) is 38.2 Å². The van der Waals surface area contributed by atoms with Crippen molar-refractivity contribution >= 4 is 5.91 Å². The third-order valence-electron chi connectivity index (χ3n) is 4.02. The minimum atomic E-state index is -0.101. The molecule has 1 fully saturated rings. The molecule has 1 aromatic rings. The van der Waals surface area contributed by atoms with Crippen molar-refractivity contribution < 1.29 is 19.0 Å². The molecule has 1 heterocycles. The lowest BCUT2D eigenvalue weighted by Gasteiger charge is -2.32. The second kappa shape index (κ2) is 9.74. The fraction of sp³-hybridized carbons (Fsp3) is 0.611. The van der Waals surface area contributed by atoms with Crippen molar-refractivity contribution in [3.05, 3.63) is 35.4 Å². The average Bonchev–Trinajstić information content (AvgIpc) is 2.57. The average molecular weight is 336 g/mol. The van der Waals surface area contributed by atoms with Crippen LogP contribution in [0.2, 0.25) is 0 Å². The molecule has 0 radical (unpaired) electrons. The van der Waals surface area contributed by atoms with Crippen LogP contribution in [0.25, 0.3) is 0 Å². The number of hydrogen-bond donors (Lipinski definition) is 1. The normalized spacial score (nSPS) is 21.0. The number of amides is 1. The molecule has 1 amide bonds. The summed E-state index contributed by atoms with van der Waals surface area (Å²) in [6.07, 6.45) is 0.663. The number of likely N-dealkylation sites (N-methyl/N-ethyl adjacent to an activating group) is 1. The van der Waals surface area contributed by atoms with Crippen LogP contribution in [0.4, 0.5) is 0 Å². The van der Waals surface area contributed by atoms with E-state index in [9.17, 15) is 4.79 Å². The van der Waals surface area contributed by atoms with Crippen LogP contribution in [0.3, 0.4) is 0 Å². The Morgan fingerprint density at radius 3 is 2.75 bits per heavy atom. The lowest BCUT2D eigenvalue weighted by Crippen LogP contribution is -2.50. The zero-order valence-corrected chi connectivity index (χ0v) is 14.8. The molecule has 2 atom stereocenters. The SMILES string of the molecule is COCc1ccc(C(=O)N[C@@H]2CCOC[C@H]2OCCN(C)C)cc1. The molecule has 6 heteroatoms. The molecular formula is C18H28N2O4. The molecule has 1 saturated heterocycles. The van der Waals surface area contributed by atoms with E-state index in [1.54, 1.807) is 7.11 Å². The van der Waals surface area contributed by atoms with Crippen LogP contribution >= 0.6 is 0 Å². The van der Waals surface area contributed by atoms with Gasteiger partial charge in [-0.25, -0.2) is 0 Å². The van der Waals surface area contributed by atoms with Crippen molar-refractivity contribution in [2.24, 2.45) is 0 Å². The van der Waals surface area contributed by atoms with E-state index in [0.717, 1.165) is 18.5 Å². The summed E-state index contributed by atoms with van der Waals surface area (Å²) >= 11 is 0. The van der Waals surface area contributed by atoms with Gasteiger partial charge in [0.2, 0.25) is 0 Å².